The normalized spacial score (nSPS) is 21.4. The number of nitrogens with zero attached hydrogens (tertiary/aromatic N) is 3. The lowest BCUT2D eigenvalue weighted by Crippen LogP contribution is -2.52. The van der Waals surface area contributed by atoms with Crippen LogP contribution >= 0.6 is 11.3 Å². The third-order valence-electron chi connectivity index (χ3n) is 6.30. The number of rotatable bonds is 6. The number of likely N-dealkylation sites (tertiary alicyclic amines) is 2. The second kappa shape index (κ2) is 10.9. The van der Waals surface area contributed by atoms with Gasteiger partial charge in [-0.3, -0.25) is 9.59 Å². The Balaban J connectivity index is 1.61. The Hall–Kier alpha value is -2.09. The molecule has 184 valence electrons. The van der Waals surface area contributed by atoms with E-state index in [1.165, 1.54) is 0 Å². The highest BCUT2D eigenvalue weighted by Crippen LogP contribution is 2.26. The molecule has 3 rings (SSSR count). The quantitative estimate of drug-likeness (QED) is 0.617. The van der Waals surface area contributed by atoms with Crippen LogP contribution in [0.4, 0.5) is 4.79 Å². The maximum absolute atomic E-state index is 13.4. The molecule has 0 bridgehead atoms. The maximum atomic E-state index is 13.4. The van der Waals surface area contributed by atoms with Crippen molar-refractivity contribution in [2.24, 2.45) is 5.92 Å². The zero-order valence-electron chi connectivity index (χ0n) is 20.7. The number of piperidine rings is 1. The summed E-state index contributed by atoms with van der Waals surface area (Å²) in [5.41, 5.74) is -0.541. The zero-order valence-corrected chi connectivity index (χ0v) is 21.5. The van der Waals surface area contributed by atoms with E-state index in [1.54, 1.807) is 21.1 Å². The van der Waals surface area contributed by atoms with Crippen molar-refractivity contribution in [3.8, 4) is 0 Å². The summed E-state index contributed by atoms with van der Waals surface area (Å²) in [7, 11) is 0. The molecule has 33 heavy (non-hydrogen) atoms. The number of carbonyl (C=O) groups is 3. The molecular weight excluding hydrogens is 438 g/mol. The Morgan fingerprint density at radius 2 is 1.91 bits per heavy atom. The van der Waals surface area contributed by atoms with Crippen LogP contribution in [0.1, 0.15) is 65.2 Å². The molecule has 3 amide bonds. The van der Waals surface area contributed by atoms with E-state index < -0.39 is 5.60 Å². The first-order valence-electron chi connectivity index (χ1n) is 12.2. The summed E-state index contributed by atoms with van der Waals surface area (Å²) in [6, 6.07) is 3.58. The smallest absolute Gasteiger partial charge is 0.410 e. The predicted molar refractivity (Wildman–Crippen MR) is 130 cm³/mol. The minimum Gasteiger partial charge on any atom is -0.444 e. The van der Waals surface area contributed by atoms with Gasteiger partial charge in [-0.1, -0.05) is 6.07 Å². The fourth-order valence-electron chi connectivity index (χ4n) is 4.71. The van der Waals surface area contributed by atoms with E-state index in [2.05, 4.69) is 0 Å². The van der Waals surface area contributed by atoms with Gasteiger partial charge in [0.15, 0.2) is 0 Å². The number of carbonyl (C=O) groups excluding carboxylic acids is 3. The van der Waals surface area contributed by atoms with E-state index in [-0.39, 0.29) is 35.9 Å². The van der Waals surface area contributed by atoms with Gasteiger partial charge < -0.3 is 19.4 Å². The van der Waals surface area contributed by atoms with Crippen LogP contribution < -0.4 is 0 Å². The van der Waals surface area contributed by atoms with Crippen LogP contribution in [0.3, 0.4) is 0 Å². The maximum Gasteiger partial charge on any atom is 0.410 e. The largest absolute Gasteiger partial charge is 0.444 e. The number of thiophene rings is 1. The number of amides is 3. The van der Waals surface area contributed by atoms with Crippen LogP contribution in [0.5, 0.6) is 0 Å². The van der Waals surface area contributed by atoms with Crippen LogP contribution in [-0.2, 0) is 20.7 Å². The lowest BCUT2D eigenvalue weighted by Gasteiger charge is -2.39. The van der Waals surface area contributed by atoms with E-state index in [1.807, 2.05) is 57.0 Å². The van der Waals surface area contributed by atoms with Gasteiger partial charge in [0.25, 0.3) is 0 Å². The van der Waals surface area contributed by atoms with Gasteiger partial charge in [0, 0.05) is 37.1 Å². The molecule has 3 heterocycles. The van der Waals surface area contributed by atoms with Gasteiger partial charge in [0.2, 0.25) is 11.8 Å². The van der Waals surface area contributed by atoms with Gasteiger partial charge in [0.1, 0.15) is 11.6 Å². The molecule has 2 fully saturated rings. The average molecular weight is 478 g/mol. The summed E-state index contributed by atoms with van der Waals surface area (Å²) in [5.74, 6) is 0.303. The summed E-state index contributed by atoms with van der Waals surface area (Å²) in [5, 5.41) is 1.97. The van der Waals surface area contributed by atoms with E-state index in [0.29, 0.717) is 32.6 Å². The van der Waals surface area contributed by atoms with Crippen molar-refractivity contribution < 1.29 is 19.1 Å². The first-order chi connectivity index (χ1) is 15.5. The highest BCUT2D eigenvalue weighted by molar-refractivity contribution is 7.10. The van der Waals surface area contributed by atoms with Crippen molar-refractivity contribution in [2.45, 2.75) is 84.4 Å². The molecule has 1 aromatic rings. The lowest BCUT2D eigenvalue weighted by molar-refractivity contribution is -0.144. The Morgan fingerprint density at radius 1 is 1.18 bits per heavy atom. The lowest BCUT2D eigenvalue weighted by atomic mass is 9.96. The van der Waals surface area contributed by atoms with Gasteiger partial charge in [-0.15, -0.1) is 11.3 Å². The summed E-state index contributed by atoms with van der Waals surface area (Å²) >= 11 is 1.58. The molecule has 0 aromatic carbocycles. The molecule has 0 aliphatic carbocycles. The second-order valence-electron chi connectivity index (χ2n) is 10.5. The topological polar surface area (TPSA) is 70.2 Å². The van der Waals surface area contributed by atoms with Crippen LogP contribution in [-0.4, -0.2) is 76.5 Å². The Bertz CT molecular complexity index is 818. The molecule has 0 radical (unpaired) electrons. The molecule has 2 aliphatic rings. The first kappa shape index (κ1) is 25.5. The highest BCUT2D eigenvalue weighted by atomic mass is 32.1. The summed E-state index contributed by atoms with van der Waals surface area (Å²) in [4.78, 5) is 45.6. The molecule has 0 N–H and O–H groups in total. The molecule has 2 atom stereocenters. The summed E-state index contributed by atoms with van der Waals surface area (Å²) in [6.07, 6.45) is 3.54. The third-order valence-corrected chi connectivity index (χ3v) is 7.18. The van der Waals surface area contributed by atoms with Crippen molar-refractivity contribution in [1.29, 1.82) is 0 Å². The number of hydrogen-bond donors (Lipinski definition) is 0. The molecule has 0 spiro atoms. The van der Waals surface area contributed by atoms with Gasteiger partial charge in [-0.25, -0.2) is 4.79 Å². The number of ether oxygens (including phenoxy) is 1. The van der Waals surface area contributed by atoms with Crippen LogP contribution in [0, 0.1) is 5.92 Å². The zero-order chi connectivity index (χ0) is 24.2. The molecule has 2 unspecified atom stereocenters. The highest BCUT2D eigenvalue weighted by Gasteiger charge is 2.38. The average Bonchev–Trinajstić information content (AvgIpc) is 3.42. The van der Waals surface area contributed by atoms with Gasteiger partial charge in [-0.05, 0) is 77.7 Å². The van der Waals surface area contributed by atoms with Crippen LogP contribution in [0.25, 0.3) is 0 Å². The SMILES string of the molecule is CC(C)N(CC1CCCN(C(=O)C2CCCN2C(=O)Cc2cccs2)C1)C(=O)OC(C)(C)C. The minimum absolute atomic E-state index is 0.0196. The Labute approximate surface area is 202 Å². The van der Waals surface area contributed by atoms with E-state index in [9.17, 15) is 14.4 Å². The molecule has 2 saturated heterocycles. The van der Waals surface area contributed by atoms with E-state index >= 15 is 0 Å². The second-order valence-corrected chi connectivity index (χ2v) is 11.6. The number of hydrogen-bond acceptors (Lipinski definition) is 5. The molecule has 0 saturated carbocycles. The first-order valence-corrected chi connectivity index (χ1v) is 13.0. The van der Waals surface area contributed by atoms with E-state index in [4.69, 9.17) is 4.74 Å². The molecule has 1 aromatic heterocycles. The Morgan fingerprint density at radius 3 is 2.55 bits per heavy atom. The summed E-state index contributed by atoms with van der Waals surface area (Å²) < 4.78 is 5.60. The van der Waals surface area contributed by atoms with Crippen LogP contribution in [0.2, 0.25) is 0 Å². The fraction of sp³-hybridized carbons (Fsp3) is 0.720. The monoisotopic (exact) mass is 477 g/mol. The molecule has 7 nitrogen and oxygen atoms in total. The van der Waals surface area contributed by atoms with Crippen molar-refractivity contribution >= 4 is 29.2 Å². The minimum atomic E-state index is -0.541. The molecule has 8 heteroatoms. The Kier molecular flexibility index (Phi) is 8.43. The van der Waals surface area contributed by atoms with Crippen LogP contribution in [0.15, 0.2) is 17.5 Å². The van der Waals surface area contributed by atoms with Gasteiger partial charge in [-0.2, -0.15) is 0 Å². The van der Waals surface area contributed by atoms with Crippen molar-refractivity contribution in [1.82, 2.24) is 14.7 Å². The van der Waals surface area contributed by atoms with Gasteiger partial charge in [0.05, 0.1) is 6.42 Å². The van der Waals surface area contributed by atoms with Crippen molar-refractivity contribution in [3.05, 3.63) is 22.4 Å². The van der Waals surface area contributed by atoms with Crippen molar-refractivity contribution in [2.75, 3.05) is 26.2 Å². The molecular formula is C25H39N3O4S. The predicted octanol–water partition coefficient (Wildman–Crippen LogP) is 4.17. The fourth-order valence-corrected chi connectivity index (χ4v) is 5.40. The standard InChI is InChI=1S/C25H39N3O4S/c1-18(2)28(24(31)32-25(3,4)5)17-19-9-6-12-26(16-19)23(30)21-11-7-13-27(21)22(29)15-20-10-8-14-33-20/h8,10,14,18-19,21H,6-7,9,11-13,15-17H2,1-5H3. The molecule has 2 aliphatic heterocycles. The third kappa shape index (κ3) is 6.95. The van der Waals surface area contributed by atoms with Crippen molar-refractivity contribution in [3.63, 3.8) is 0 Å². The summed E-state index contributed by atoms with van der Waals surface area (Å²) in [6.45, 7) is 12.2. The van der Waals surface area contributed by atoms with Gasteiger partial charge >= 0.3 is 6.09 Å². The van der Waals surface area contributed by atoms with E-state index in [0.717, 1.165) is 30.6 Å².